The number of anilines is 2. The summed E-state index contributed by atoms with van der Waals surface area (Å²) in [5.74, 6) is 0.481. The zero-order valence-corrected chi connectivity index (χ0v) is 18.5. The van der Waals surface area contributed by atoms with Gasteiger partial charge in [-0.1, -0.05) is 6.07 Å². The summed E-state index contributed by atoms with van der Waals surface area (Å²) in [5.41, 5.74) is 1.21. The zero-order valence-electron chi connectivity index (χ0n) is 18.5. The quantitative estimate of drug-likeness (QED) is 0.633. The minimum atomic E-state index is -4.47. The van der Waals surface area contributed by atoms with Crippen molar-refractivity contribution in [2.45, 2.75) is 37.5 Å². The Bertz CT molecular complexity index is 1140. The number of fused-ring (bicyclic) bond motifs is 2. The summed E-state index contributed by atoms with van der Waals surface area (Å²) >= 11 is 0. The van der Waals surface area contributed by atoms with E-state index in [1.165, 1.54) is 12.1 Å². The maximum Gasteiger partial charge on any atom is 0.416 e. The number of aliphatic hydroxyl groups excluding tert-OH is 1. The maximum absolute atomic E-state index is 13.2. The molecule has 0 bridgehead atoms. The molecule has 0 radical (unpaired) electrons. The van der Waals surface area contributed by atoms with Gasteiger partial charge in [0.2, 0.25) is 5.91 Å². The summed E-state index contributed by atoms with van der Waals surface area (Å²) in [5, 5.41) is 12.2. The predicted molar refractivity (Wildman–Crippen MR) is 121 cm³/mol. The molecule has 3 aliphatic rings. The number of nitrogens with one attached hydrogen (secondary N) is 1. The molecule has 5 rings (SSSR count). The predicted octanol–water partition coefficient (Wildman–Crippen LogP) is 4.62. The number of ether oxygens (including phenoxy) is 2. The Hall–Kier alpha value is -3.20. The molecule has 1 amide bonds. The lowest BCUT2D eigenvalue weighted by Gasteiger charge is -2.46. The van der Waals surface area contributed by atoms with Crippen molar-refractivity contribution in [3.63, 3.8) is 0 Å². The van der Waals surface area contributed by atoms with Crippen LogP contribution in [0.15, 0.2) is 42.5 Å². The van der Waals surface area contributed by atoms with E-state index in [1.807, 2.05) is 4.90 Å². The van der Waals surface area contributed by atoms with E-state index in [-0.39, 0.29) is 18.3 Å². The van der Waals surface area contributed by atoms with Crippen LogP contribution in [-0.2, 0) is 11.0 Å². The number of β-amino-alcohol motifs (C(OH)–C–C–N with tert-alkyl or cyclic N) is 1. The first-order valence-electron chi connectivity index (χ1n) is 11.3. The average Bonchev–Trinajstić information content (AvgIpc) is 2.77. The number of rotatable bonds is 4. The molecule has 6 nitrogen and oxygen atoms in total. The van der Waals surface area contributed by atoms with Crippen molar-refractivity contribution in [2.24, 2.45) is 0 Å². The molecule has 0 saturated heterocycles. The standard InChI is InChI=1S/C25H25F3N2O4/c26-25(27,28)17-2-4-19-16(15-24(6-1-7-24)34-22(19)13-17)12-23(32)29-18-3-5-21-20(14-18)30(8-10-31)9-11-33-21/h2-5,12-14,31H,1,6-11,15H2,(H,29,32). The number of carbonyl (C=O) groups is 1. The Kier molecular flexibility index (Phi) is 5.67. The van der Waals surface area contributed by atoms with Crippen molar-refractivity contribution in [2.75, 3.05) is 36.5 Å². The third-order valence-electron chi connectivity index (χ3n) is 6.62. The molecule has 2 aliphatic heterocycles. The minimum absolute atomic E-state index is 0.00140. The van der Waals surface area contributed by atoms with Crippen LogP contribution in [0.5, 0.6) is 11.5 Å². The minimum Gasteiger partial charge on any atom is -0.490 e. The number of halogens is 3. The van der Waals surface area contributed by atoms with Crippen molar-refractivity contribution in [1.82, 2.24) is 0 Å². The topological polar surface area (TPSA) is 71.0 Å². The van der Waals surface area contributed by atoms with Crippen LogP contribution in [0.4, 0.5) is 24.5 Å². The number of hydrogen-bond acceptors (Lipinski definition) is 5. The van der Waals surface area contributed by atoms with Gasteiger partial charge < -0.3 is 24.8 Å². The monoisotopic (exact) mass is 474 g/mol. The number of aliphatic hydroxyl groups is 1. The third kappa shape index (κ3) is 4.32. The second-order valence-electron chi connectivity index (χ2n) is 8.92. The largest absolute Gasteiger partial charge is 0.490 e. The van der Waals surface area contributed by atoms with E-state index in [9.17, 15) is 23.1 Å². The van der Waals surface area contributed by atoms with Crippen LogP contribution in [0, 0.1) is 0 Å². The Morgan fingerprint density at radius 1 is 1.18 bits per heavy atom. The molecule has 1 saturated carbocycles. The van der Waals surface area contributed by atoms with Gasteiger partial charge in [-0.15, -0.1) is 0 Å². The van der Waals surface area contributed by atoms with Crippen LogP contribution in [0.25, 0.3) is 5.57 Å². The van der Waals surface area contributed by atoms with Gasteiger partial charge in [-0.25, -0.2) is 0 Å². The molecule has 2 N–H and O–H groups in total. The molecule has 0 atom stereocenters. The highest BCUT2D eigenvalue weighted by Gasteiger charge is 2.44. The SMILES string of the molecule is O=C(C=C1CC2(CCC2)Oc2cc(C(F)(F)F)ccc21)Nc1ccc2c(c1)N(CCO)CCO2. The van der Waals surface area contributed by atoms with Gasteiger partial charge in [-0.05, 0) is 55.2 Å². The van der Waals surface area contributed by atoms with E-state index in [0.29, 0.717) is 48.7 Å². The Labute approximate surface area is 195 Å². The lowest BCUT2D eigenvalue weighted by molar-refractivity contribution is -0.138. The van der Waals surface area contributed by atoms with Crippen LogP contribution < -0.4 is 19.7 Å². The molecular weight excluding hydrogens is 449 g/mol. The Morgan fingerprint density at radius 2 is 2.00 bits per heavy atom. The highest BCUT2D eigenvalue weighted by molar-refractivity contribution is 6.05. The zero-order chi connectivity index (χ0) is 23.9. The van der Waals surface area contributed by atoms with Gasteiger partial charge in [-0.2, -0.15) is 13.2 Å². The molecule has 1 fully saturated rings. The lowest BCUT2D eigenvalue weighted by Crippen LogP contribution is -2.45. The van der Waals surface area contributed by atoms with Gasteiger partial charge >= 0.3 is 6.18 Å². The summed E-state index contributed by atoms with van der Waals surface area (Å²) in [4.78, 5) is 14.9. The number of nitrogens with zero attached hydrogens (tertiary/aromatic N) is 1. The lowest BCUT2D eigenvalue weighted by atomic mass is 9.72. The van der Waals surface area contributed by atoms with E-state index in [2.05, 4.69) is 5.32 Å². The van der Waals surface area contributed by atoms with Gasteiger partial charge in [0.1, 0.15) is 23.7 Å². The van der Waals surface area contributed by atoms with Gasteiger partial charge in [0, 0.05) is 30.3 Å². The first kappa shape index (κ1) is 22.6. The number of amides is 1. The van der Waals surface area contributed by atoms with Crippen LogP contribution in [-0.4, -0.2) is 42.9 Å². The Morgan fingerprint density at radius 3 is 2.71 bits per heavy atom. The van der Waals surface area contributed by atoms with E-state index in [0.717, 1.165) is 37.1 Å². The maximum atomic E-state index is 13.2. The van der Waals surface area contributed by atoms with E-state index < -0.39 is 17.3 Å². The van der Waals surface area contributed by atoms with E-state index in [1.54, 1.807) is 18.2 Å². The molecule has 0 aromatic heterocycles. The fourth-order valence-corrected chi connectivity index (χ4v) is 4.78. The van der Waals surface area contributed by atoms with Gasteiger partial charge in [0.05, 0.1) is 24.4 Å². The van der Waals surface area contributed by atoms with Gasteiger partial charge in [-0.3, -0.25) is 4.79 Å². The number of carbonyl (C=O) groups excluding carboxylic acids is 1. The molecule has 2 aromatic rings. The van der Waals surface area contributed by atoms with Crippen LogP contribution in [0.3, 0.4) is 0 Å². The molecule has 34 heavy (non-hydrogen) atoms. The molecular formula is C25H25F3N2O4. The van der Waals surface area contributed by atoms with Crippen LogP contribution >= 0.6 is 0 Å². The molecule has 1 aliphatic carbocycles. The van der Waals surface area contributed by atoms with Crippen molar-refractivity contribution in [1.29, 1.82) is 0 Å². The summed E-state index contributed by atoms with van der Waals surface area (Å²) in [6.07, 6.45) is -0.114. The number of hydrogen-bond donors (Lipinski definition) is 2. The summed E-state index contributed by atoms with van der Waals surface area (Å²) in [6.45, 7) is 1.61. The van der Waals surface area contributed by atoms with E-state index >= 15 is 0 Å². The van der Waals surface area contributed by atoms with Crippen molar-refractivity contribution < 1.29 is 32.5 Å². The number of benzene rings is 2. The molecule has 180 valence electrons. The summed E-state index contributed by atoms with van der Waals surface area (Å²) < 4.78 is 51.4. The van der Waals surface area contributed by atoms with Gasteiger partial charge in [0.25, 0.3) is 0 Å². The highest BCUT2D eigenvalue weighted by atomic mass is 19.4. The van der Waals surface area contributed by atoms with Crippen molar-refractivity contribution in [3.8, 4) is 11.5 Å². The summed E-state index contributed by atoms with van der Waals surface area (Å²) in [6, 6.07) is 8.73. The second-order valence-corrected chi connectivity index (χ2v) is 8.92. The molecule has 2 heterocycles. The first-order chi connectivity index (χ1) is 16.3. The van der Waals surface area contributed by atoms with Crippen molar-refractivity contribution >= 4 is 22.9 Å². The third-order valence-corrected chi connectivity index (χ3v) is 6.62. The van der Waals surface area contributed by atoms with Crippen LogP contribution in [0.2, 0.25) is 0 Å². The smallest absolute Gasteiger partial charge is 0.416 e. The highest BCUT2D eigenvalue weighted by Crippen LogP contribution is 2.50. The first-order valence-corrected chi connectivity index (χ1v) is 11.3. The van der Waals surface area contributed by atoms with E-state index in [4.69, 9.17) is 9.47 Å². The molecule has 2 aromatic carbocycles. The summed E-state index contributed by atoms with van der Waals surface area (Å²) in [7, 11) is 0. The molecule has 9 heteroatoms. The van der Waals surface area contributed by atoms with Crippen LogP contribution in [0.1, 0.15) is 36.8 Å². The van der Waals surface area contributed by atoms with Gasteiger partial charge in [0.15, 0.2) is 0 Å². The molecule has 1 spiro atoms. The van der Waals surface area contributed by atoms with Crippen molar-refractivity contribution in [3.05, 3.63) is 53.6 Å². The number of alkyl halides is 3. The fraction of sp³-hybridized carbons (Fsp3) is 0.400. The second kappa shape index (κ2) is 8.54. The Balaban J connectivity index is 1.41. The average molecular weight is 474 g/mol. The molecule has 0 unspecified atom stereocenters. The normalized spacial score (nSPS) is 19.5. The fourth-order valence-electron chi connectivity index (χ4n) is 4.78.